The smallest absolute Gasteiger partial charge is 0.410 e. The molecule has 3 aromatic heterocycles. The lowest BCUT2D eigenvalue weighted by atomic mass is 10.00. The van der Waals surface area contributed by atoms with Crippen LogP contribution in [0.2, 0.25) is 0 Å². The van der Waals surface area contributed by atoms with Crippen LogP contribution in [0.1, 0.15) is 45.1 Å². The van der Waals surface area contributed by atoms with E-state index in [2.05, 4.69) is 30.2 Å². The third-order valence-corrected chi connectivity index (χ3v) is 6.78. The van der Waals surface area contributed by atoms with E-state index in [0.717, 1.165) is 11.9 Å². The largest absolute Gasteiger partial charge is 0.444 e. The van der Waals surface area contributed by atoms with Crippen molar-refractivity contribution in [1.82, 2.24) is 24.8 Å². The van der Waals surface area contributed by atoms with Gasteiger partial charge in [0, 0.05) is 42.8 Å². The lowest BCUT2D eigenvalue weighted by molar-refractivity contribution is 0.0240. The van der Waals surface area contributed by atoms with Crippen LogP contribution in [-0.4, -0.2) is 67.8 Å². The number of anilines is 3. The van der Waals surface area contributed by atoms with Crippen LogP contribution in [0, 0.1) is 18.6 Å². The summed E-state index contributed by atoms with van der Waals surface area (Å²) in [7, 11) is 0. The normalized spacial score (nSPS) is 14.7. The van der Waals surface area contributed by atoms with Gasteiger partial charge in [-0.15, -0.1) is 0 Å². The minimum Gasteiger partial charge on any atom is -0.444 e. The maximum Gasteiger partial charge on any atom is 0.410 e. The van der Waals surface area contributed by atoms with Gasteiger partial charge in [0.2, 0.25) is 5.95 Å². The van der Waals surface area contributed by atoms with Crippen LogP contribution < -0.4 is 10.2 Å². The number of rotatable bonds is 5. The summed E-state index contributed by atoms with van der Waals surface area (Å²) in [6, 6.07) is 8.05. The van der Waals surface area contributed by atoms with Crippen LogP contribution in [0.3, 0.4) is 0 Å². The van der Waals surface area contributed by atoms with E-state index in [0.29, 0.717) is 48.6 Å². The summed E-state index contributed by atoms with van der Waals surface area (Å²) in [4.78, 5) is 33.2. The number of nitrogens with one attached hydrogen (secondary N) is 1. The zero-order valence-electron chi connectivity index (χ0n) is 24.2. The fourth-order valence-corrected chi connectivity index (χ4v) is 4.79. The van der Waals surface area contributed by atoms with Gasteiger partial charge in [-0.05, 0) is 70.5 Å². The molecule has 0 aliphatic carbocycles. The lowest BCUT2D eigenvalue weighted by Crippen LogP contribution is -2.50. The van der Waals surface area contributed by atoms with E-state index in [9.17, 15) is 14.3 Å². The number of nitrogens with zero attached hydrogens (tertiary/aromatic N) is 6. The van der Waals surface area contributed by atoms with Crippen molar-refractivity contribution >= 4 is 34.4 Å². The van der Waals surface area contributed by atoms with Gasteiger partial charge >= 0.3 is 6.09 Å². The molecule has 1 unspecified atom stereocenters. The van der Waals surface area contributed by atoms with Crippen LogP contribution in [0.15, 0.2) is 42.7 Å². The molecule has 4 heterocycles. The molecule has 220 valence electrons. The number of aliphatic hydroxyl groups is 1. The molecule has 0 radical (unpaired) electrons. The fraction of sp³-hybridized carbons (Fsp3) is 0.367. The molecular weight excluding hydrogens is 544 g/mol. The molecule has 0 bridgehead atoms. The first-order chi connectivity index (χ1) is 19.9. The summed E-state index contributed by atoms with van der Waals surface area (Å²) in [6.45, 7) is 11.2. The highest BCUT2D eigenvalue weighted by atomic mass is 19.1. The molecule has 5 rings (SSSR count). The second-order valence-electron chi connectivity index (χ2n) is 11.3. The second kappa shape index (κ2) is 11.4. The van der Waals surface area contributed by atoms with E-state index in [1.54, 1.807) is 43.1 Å². The molecule has 12 heteroatoms. The summed E-state index contributed by atoms with van der Waals surface area (Å²) in [5.41, 5.74) is 1.56. The number of benzene rings is 1. The Bertz CT molecular complexity index is 1620. The molecule has 1 fully saturated rings. The first-order valence-corrected chi connectivity index (χ1v) is 13.7. The molecule has 10 nitrogen and oxygen atoms in total. The molecule has 0 saturated carbocycles. The highest BCUT2D eigenvalue weighted by Gasteiger charge is 2.26. The number of aryl methyl sites for hydroxylation is 1. The zero-order valence-corrected chi connectivity index (χ0v) is 24.2. The highest BCUT2D eigenvalue weighted by molar-refractivity contribution is 5.88. The van der Waals surface area contributed by atoms with Crippen molar-refractivity contribution in [2.45, 2.75) is 46.3 Å². The van der Waals surface area contributed by atoms with Crippen LogP contribution in [0.4, 0.5) is 31.0 Å². The van der Waals surface area contributed by atoms with Crippen LogP contribution in [0.25, 0.3) is 22.2 Å². The summed E-state index contributed by atoms with van der Waals surface area (Å²) >= 11 is 0. The number of hydrogen-bond acceptors (Lipinski definition) is 9. The van der Waals surface area contributed by atoms with E-state index >= 15 is 4.39 Å². The number of carbonyl (C=O) groups excluding carboxylic acids is 1. The Kier molecular flexibility index (Phi) is 7.91. The molecule has 1 aliphatic rings. The molecule has 1 atom stereocenters. The monoisotopic (exact) mass is 577 g/mol. The number of halogens is 2. The molecule has 1 saturated heterocycles. The number of hydrogen-bond donors (Lipinski definition) is 2. The molecule has 0 spiro atoms. The third-order valence-electron chi connectivity index (χ3n) is 6.78. The quantitative estimate of drug-likeness (QED) is 0.316. The van der Waals surface area contributed by atoms with Crippen LogP contribution in [0.5, 0.6) is 0 Å². The Morgan fingerprint density at radius 2 is 1.76 bits per heavy atom. The van der Waals surface area contributed by atoms with Crippen molar-refractivity contribution in [1.29, 1.82) is 0 Å². The van der Waals surface area contributed by atoms with Gasteiger partial charge in [0.15, 0.2) is 5.82 Å². The highest BCUT2D eigenvalue weighted by Crippen LogP contribution is 2.32. The number of pyridine rings is 2. The number of aliphatic hydroxyl groups excluding tert-OH is 1. The Morgan fingerprint density at radius 3 is 2.40 bits per heavy atom. The Morgan fingerprint density at radius 1 is 1.02 bits per heavy atom. The van der Waals surface area contributed by atoms with Crippen molar-refractivity contribution in [3.8, 4) is 11.3 Å². The van der Waals surface area contributed by atoms with Gasteiger partial charge < -0.3 is 25.0 Å². The Balaban J connectivity index is 1.31. The van der Waals surface area contributed by atoms with Crippen LogP contribution >= 0.6 is 0 Å². The number of piperazine rings is 1. The summed E-state index contributed by atoms with van der Waals surface area (Å²) in [5.74, 6) is -0.864. The van der Waals surface area contributed by atoms with Gasteiger partial charge in [-0.25, -0.2) is 28.5 Å². The first-order valence-electron chi connectivity index (χ1n) is 13.7. The second-order valence-corrected chi connectivity index (χ2v) is 11.3. The fourth-order valence-electron chi connectivity index (χ4n) is 4.79. The molecule has 2 N–H and O–H groups in total. The minimum atomic E-state index is -0.876. The first kappa shape index (κ1) is 29.1. The zero-order chi connectivity index (χ0) is 30.2. The Labute approximate surface area is 242 Å². The van der Waals surface area contributed by atoms with E-state index in [4.69, 9.17) is 4.74 Å². The average Bonchev–Trinajstić information content (AvgIpc) is 2.93. The SMILES string of the molecule is Cc1cc(C(C)O)c2cc(-c3nc(Nc4ccc(N5CCN(C(=O)OC(C)(C)C)CC5)cn4)ncc3F)cc(F)c2n1. The minimum absolute atomic E-state index is 0.0795. The molecule has 42 heavy (non-hydrogen) atoms. The number of carbonyl (C=O) groups is 1. The summed E-state index contributed by atoms with van der Waals surface area (Å²) in [5, 5.41) is 13.6. The summed E-state index contributed by atoms with van der Waals surface area (Å²) in [6.07, 6.45) is 1.51. The van der Waals surface area contributed by atoms with Crippen molar-refractivity contribution < 1.29 is 23.4 Å². The van der Waals surface area contributed by atoms with Crippen molar-refractivity contribution in [3.63, 3.8) is 0 Å². The average molecular weight is 578 g/mol. The van der Waals surface area contributed by atoms with Gasteiger partial charge in [-0.1, -0.05) is 0 Å². The topological polar surface area (TPSA) is 117 Å². The van der Waals surface area contributed by atoms with Crippen LogP contribution in [-0.2, 0) is 4.74 Å². The lowest BCUT2D eigenvalue weighted by Gasteiger charge is -2.36. The number of ether oxygens (including phenoxy) is 1. The molecule has 1 aromatic carbocycles. The van der Waals surface area contributed by atoms with Crippen molar-refractivity contribution in [3.05, 3.63) is 65.6 Å². The number of fused-ring (bicyclic) bond motifs is 1. The van der Waals surface area contributed by atoms with E-state index < -0.39 is 23.3 Å². The van der Waals surface area contributed by atoms with Gasteiger partial charge in [0.05, 0.1) is 24.2 Å². The standard InChI is InChI=1S/C30H33F2N7O3/c1-17-12-21(18(2)40)22-13-19(14-23(31)27(22)35-17)26-24(32)16-34-28(37-26)36-25-7-6-20(15-33-25)38-8-10-39(11-9-38)29(41)42-30(3,4)5/h6-7,12-16,18,40H,8-11H2,1-5H3,(H,33,34,36,37). The molecule has 4 aromatic rings. The van der Waals surface area contributed by atoms with Gasteiger partial charge in [0.25, 0.3) is 0 Å². The van der Waals surface area contributed by atoms with E-state index in [1.807, 2.05) is 26.8 Å². The van der Waals surface area contributed by atoms with Gasteiger partial charge in [-0.3, -0.25) is 4.98 Å². The number of aromatic nitrogens is 4. The third kappa shape index (κ3) is 6.38. The Hall–Kier alpha value is -4.45. The molecule has 1 amide bonds. The van der Waals surface area contributed by atoms with Gasteiger partial charge in [-0.2, -0.15) is 0 Å². The molecular formula is C30H33F2N7O3. The van der Waals surface area contributed by atoms with Crippen molar-refractivity contribution in [2.24, 2.45) is 0 Å². The summed E-state index contributed by atoms with van der Waals surface area (Å²) < 4.78 is 35.4. The van der Waals surface area contributed by atoms with E-state index in [-0.39, 0.29) is 28.8 Å². The molecule has 1 aliphatic heterocycles. The predicted molar refractivity (Wildman–Crippen MR) is 156 cm³/mol. The number of amides is 1. The maximum absolute atomic E-state index is 15.1. The predicted octanol–water partition coefficient (Wildman–Crippen LogP) is 5.53. The van der Waals surface area contributed by atoms with E-state index in [1.165, 1.54) is 6.07 Å². The van der Waals surface area contributed by atoms with Crippen molar-refractivity contribution in [2.75, 3.05) is 36.4 Å². The maximum atomic E-state index is 15.1. The van der Waals surface area contributed by atoms with Gasteiger partial charge in [0.1, 0.15) is 28.4 Å².